The molecule has 8 heteroatoms. The number of furan rings is 1. The average Bonchev–Trinajstić information content (AvgIpc) is 3.45. The van der Waals surface area contributed by atoms with Crippen molar-refractivity contribution in [2.75, 3.05) is 0 Å². The van der Waals surface area contributed by atoms with Gasteiger partial charge >= 0.3 is 0 Å². The number of thiazole rings is 1. The van der Waals surface area contributed by atoms with Crippen LogP contribution < -0.4 is 0 Å². The Kier molecular flexibility index (Phi) is 5.11. The summed E-state index contributed by atoms with van der Waals surface area (Å²) in [6.45, 7) is 0. The Balaban J connectivity index is 1.69. The Morgan fingerprint density at radius 3 is 2.60 bits per heavy atom. The van der Waals surface area contributed by atoms with Crippen molar-refractivity contribution in [1.29, 1.82) is 5.26 Å². The first-order chi connectivity index (χ1) is 14.6. The van der Waals surface area contributed by atoms with E-state index >= 15 is 0 Å². The maximum Gasteiger partial charge on any atom is 0.270 e. The third kappa shape index (κ3) is 3.70. The molecular weight excluding hydrogens is 402 g/mol. The second-order valence-electron chi connectivity index (χ2n) is 6.21. The Labute approximate surface area is 175 Å². The minimum atomic E-state index is -0.495. The molecule has 0 unspecified atom stereocenters. The number of nitriles is 1. The molecule has 0 radical (unpaired) electrons. The molecule has 0 saturated carbocycles. The molecule has 146 valence electrons. The number of hydrogen-bond acceptors (Lipinski definition) is 7. The van der Waals surface area contributed by atoms with Gasteiger partial charge in [-0.2, -0.15) is 5.26 Å². The highest BCUT2D eigenvalue weighted by molar-refractivity contribution is 7.11. The van der Waals surface area contributed by atoms with Crippen molar-refractivity contribution in [2.45, 2.75) is 0 Å². The topological polar surface area (TPSA) is 113 Å². The fourth-order valence-electron chi connectivity index (χ4n) is 2.85. The number of rotatable bonds is 5. The average molecular weight is 415 g/mol. The smallest absolute Gasteiger partial charge is 0.270 e. The van der Waals surface area contributed by atoms with Crippen LogP contribution in [0.4, 0.5) is 5.69 Å². The van der Waals surface area contributed by atoms with Gasteiger partial charge < -0.3 is 9.52 Å². The standard InChI is InChI=1S/C22H13N3O4S/c23-12-17(22-24-18(13-30-22)14-5-2-1-3-6-14)21(26)20-10-9-19(29-20)15-7-4-8-16(11-15)25(27)28/h1-11,13,26H/b21-17-. The number of aromatic nitrogens is 1. The molecule has 1 N–H and O–H groups in total. The summed E-state index contributed by atoms with van der Waals surface area (Å²) in [5, 5.41) is 33.4. The van der Waals surface area contributed by atoms with Crippen molar-refractivity contribution < 1.29 is 14.4 Å². The number of nitro benzene ring substituents is 1. The van der Waals surface area contributed by atoms with Crippen LogP contribution in [0.1, 0.15) is 10.8 Å². The number of allylic oxidation sites excluding steroid dienone is 1. The molecule has 0 fully saturated rings. The van der Waals surface area contributed by atoms with E-state index in [1.165, 1.54) is 29.5 Å². The summed E-state index contributed by atoms with van der Waals surface area (Å²) in [6.07, 6.45) is 0. The Hall–Kier alpha value is -4.22. The Bertz CT molecular complexity index is 1300. The first kappa shape index (κ1) is 19.1. The van der Waals surface area contributed by atoms with Gasteiger partial charge in [0.1, 0.15) is 22.4 Å². The molecule has 0 atom stereocenters. The molecule has 4 aromatic rings. The van der Waals surface area contributed by atoms with Crippen molar-refractivity contribution in [3.05, 3.63) is 93.0 Å². The van der Waals surface area contributed by atoms with Gasteiger partial charge in [0.25, 0.3) is 5.69 Å². The van der Waals surface area contributed by atoms with E-state index in [2.05, 4.69) is 4.98 Å². The molecule has 0 aliphatic carbocycles. The van der Waals surface area contributed by atoms with E-state index in [0.29, 0.717) is 22.0 Å². The SMILES string of the molecule is N#C/C(=C(/O)c1ccc(-c2cccc([N+](=O)[O-])c2)o1)c1nc(-c2ccccc2)cs1. The van der Waals surface area contributed by atoms with Crippen molar-refractivity contribution in [3.63, 3.8) is 0 Å². The van der Waals surface area contributed by atoms with E-state index in [-0.39, 0.29) is 22.8 Å². The summed E-state index contributed by atoms with van der Waals surface area (Å²) < 4.78 is 5.66. The normalized spacial score (nSPS) is 11.6. The zero-order valence-electron chi connectivity index (χ0n) is 15.4. The molecule has 30 heavy (non-hydrogen) atoms. The zero-order valence-corrected chi connectivity index (χ0v) is 16.2. The van der Waals surface area contributed by atoms with Crippen LogP contribution in [0.2, 0.25) is 0 Å². The van der Waals surface area contributed by atoms with Crippen LogP contribution in [0.5, 0.6) is 0 Å². The second-order valence-corrected chi connectivity index (χ2v) is 7.07. The zero-order chi connectivity index (χ0) is 21.1. The molecule has 0 bridgehead atoms. The Morgan fingerprint density at radius 1 is 1.10 bits per heavy atom. The van der Waals surface area contributed by atoms with Gasteiger partial charge in [-0.3, -0.25) is 10.1 Å². The van der Waals surface area contributed by atoms with E-state index in [9.17, 15) is 20.5 Å². The van der Waals surface area contributed by atoms with Crippen molar-refractivity contribution in [1.82, 2.24) is 4.98 Å². The highest BCUT2D eigenvalue weighted by atomic mass is 32.1. The Morgan fingerprint density at radius 2 is 1.87 bits per heavy atom. The third-order valence-electron chi connectivity index (χ3n) is 4.32. The van der Waals surface area contributed by atoms with E-state index in [1.54, 1.807) is 18.2 Å². The predicted octanol–water partition coefficient (Wildman–Crippen LogP) is 5.93. The van der Waals surface area contributed by atoms with Gasteiger partial charge in [0, 0.05) is 28.6 Å². The molecule has 0 amide bonds. The van der Waals surface area contributed by atoms with Gasteiger partial charge in [0.2, 0.25) is 0 Å². The van der Waals surface area contributed by atoms with Gasteiger partial charge in [-0.05, 0) is 12.1 Å². The number of hydrogen-bond donors (Lipinski definition) is 1. The highest BCUT2D eigenvalue weighted by Crippen LogP contribution is 2.33. The molecule has 7 nitrogen and oxygen atoms in total. The summed E-state index contributed by atoms with van der Waals surface area (Å²) >= 11 is 1.24. The molecule has 2 heterocycles. The minimum Gasteiger partial charge on any atom is -0.503 e. The molecule has 2 aromatic heterocycles. The lowest BCUT2D eigenvalue weighted by Gasteiger charge is -2.00. The summed E-state index contributed by atoms with van der Waals surface area (Å²) in [6, 6.07) is 20.5. The fraction of sp³-hybridized carbons (Fsp3) is 0. The molecule has 0 saturated heterocycles. The van der Waals surface area contributed by atoms with Crippen LogP contribution in [0.25, 0.3) is 33.9 Å². The lowest BCUT2D eigenvalue weighted by Crippen LogP contribution is -1.89. The van der Waals surface area contributed by atoms with Gasteiger partial charge in [-0.25, -0.2) is 4.98 Å². The predicted molar refractivity (Wildman–Crippen MR) is 113 cm³/mol. The van der Waals surface area contributed by atoms with E-state index in [1.807, 2.05) is 41.8 Å². The number of non-ortho nitro benzene ring substituents is 1. The van der Waals surface area contributed by atoms with Crippen molar-refractivity contribution in [3.8, 4) is 28.7 Å². The van der Waals surface area contributed by atoms with E-state index < -0.39 is 4.92 Å². The van der Waals surface area contributed by atoms with Gasteiger partial charge in [-0.15, -0.1) is 11.3 Å². The highest BCUT2D eigenvalue weighted by Gasteiger charge is 2.18. The van der Waals surface area contributed by atoms with Crippen molar-refractivity contribution >= 4 is 28.4 Å². The first-order valence-electron chi connectivity index (χ1n) is 8.76. The summed E-state index contributed by atoms with van der Waals surface area (Å²) in [5.74, 6) is 0.0642. The summed E-state index contributed by atoms with van der Waals surface area (Å²) in [4.78, 5) is 14.9. The van der Waals surface area contributed by atoms with Gasteiger partial charge in [0.15, 0.2) is 11.5 Å². The number of aliphatic hydroxyl groups is 1. The van der Waals surface area contributed by atoms with Gasteiger partial charge in [-0.1, -0.05) is 42.5 Å². The largest absolute Gasteiger partial charge is 0.503 e. The molecule has 0 aliphatic rings. The molecule has 2 aromatic carbocycles. The third-order valence-corrected chi connectivity index (χ3v) is 5.18. The fourth-order valence-corrected chi connectivity index (χ4v) is 3.67. The van der Waals surface area contributed by atoms with Gasteiger partial charge in [0.05, 0.1) is 10.6 Å². The molecular formula is C22H13N3O4S. The molecule has 4 rings (SSSR count). The van der Waals surface area contributed by atoms with Crippen LogP contribution in [0.3, 0.4) is 0 Å². The van der Waals surface area contributed by atoms with E-state index in [4.69, 9.17) is 4.42 Å². The summed E-state index contributed by atoms with van der Waals surface area (Å²) in [5.41, 5.74) is 2.01. The van der Waals surface area contributed by atoms with Crippen LogP contribution in [-0.4, -0.2) is 15.0 Å². The van der Waals surface area contributed by atoms with Crippen LogP contribution in [0.15, 0.2) is 76.5 Å². The maximum absolute atomic E-state index is 11.0. The number of benzene rings is 2. The lowest BCUT2D eigenvalue weighted by molar-refractivity contribution is -0.384. The van der Waals surface area contributed by atoms with Crippen LogP contribution in [-0.2, 0) is 0 Å². The monoisotopic (exact) mass is 415 g/mol. The van der Waals surface area contributed by atoms with Crippen LogP contribution in [0, 0.1) is 21.4 Å². The summed E-state index contributed by atoms with van der Waals surface area (Å²) in [7, 11) is 0. The number of nitrogens with zero attached hydrogens (tertiary/aromatic N) is 3. The number of aliphatic hydroxyl groups excluding tert-OH is 1. The first-order valence-corrected chi connectivity index (χ1v) is 9.64. The lowest BCUT2D eigenvalue weighted by atomic mass is 10.1. The quantitative estimate of drug-likeness (QED) is 0.187. The van der Waals surface area contributed by atoms with Crippen LogP contribution >= 0.6 is 11.3 Å². The minimum absolute atomic E-state index is 0.0119. The second kappa shape index (κ2) is 8.03. The molecule has 0 aliphatic heterocycles. The molecule has 0 spiro atoms. The van der Waals surface area contributed by atoms with Crippen molar-refractivity contribution in [2.24, 2.45) is 0 Å². The maximum atomic E-state index is 11.0. The van der Waals surface area contributed by atoms with E-state index in [0.717, 1.165) is 5.56 Å². The number of nitro groups is 1.